The van der Waals surface area contributed by atoms with E-state index in [0.717, 1.165) is 43.0 Å². The number of hydrogen-bond donors (Lipinski definition) is 2. The number of guanidine groups is 1. The molecule has 142 valence electrons. The van der Waals surface area contributed by atoms with Gasteiger partial charge in [-0.2, -0.15) is 0 Å². The van der Waals surface area contributed by atoms with E-state index in [2.05, 4.69) is 36.5 Å². The average Bonchev–Trinajstić information content (AvgIpc) is 2.71. The van der Waals surface area contributed by atoms with E-state index in [9.17, 15) is 4.79 Å². The van der Waals surface area contributed by atoms with Crippen molar-refractivity contribution in [2.24, 2.45) is 4.99 Å². The summed E-state index contributed by atoms with van der Waals surface area (Å²) in [5.41, 5.74) is 1.45. The molecule has 2 aromatic carbocycles. The molecular weight excluding hydrogens is 408 g/mol. The minimum absolute atomic E-state index is 0.190. The number of hydrogen-bond acceptors (Lipinski definition) is 4. The van der Waals surface area contributed by atoms with Crippen molar-refractivity contribution >= 4 is 33.5 Å². The van der Waals surface area contributed by atoms with Crippen molar-refractivity contribution in [2.75, 3.05) is 44.7 Å². The lowest BCUT2D eigenvalue weighted by Crippen LogP contribution is -2.39. The van der Waals surface area contributed by atoms with Crippen LogP contribution in [0.4, 0.5) is 5.69 Å². The lowest BCUT2D eigenvalue weighted by atomic mass is 10.2. The van der Waals surface area contributed by atoms with Crippen LogP contribution >= 0.6 is 15.9 Å². The van der Waals surface area contributed by atoms with E-state index in [4.69, 9.17) is 4.74 Å². The molecule has 1 saturated heterocycles. The number of morpholine rings is 1. The minimum atomic E-state index is -0.190. The van der Waals surface area contributed by atoms with Crippen LogP contribution in [0.2, 0.25) is 0 Å². The molecule has 0 bridgehead atoms. The number of nitrogens with zero attached hydrogens (tertiary/aromatic N) is 2. The summed E-state index contributed by atoms with van der Waals surface area (Å²) in [6.45, 7) is 4.78. The molecule has 1 fully saturated rings. The van der Waals surface area contributed by atoms with Crippen LogP contribution in [0.3, 0.4) is 0 Å². The summed E-state index contributed by atoms with van der Waals surface area (Å²) in [6, 6.07) is 16.8. The molecule has 0 spiro atoms. The normalized spacial score (nSPS) is 15.4. The van der Waals surface area contributed by atoms with Crippen molar-refractivity contribution in [3.63, 3.8) is 0 Å². The summed E-state index contributed by atoms with van der Waals surface area (Å²) in [4.78, 5) is 19.4. The number of ether oxygens (including phenoxy) is 1. The number of amides is 1. The first-order valence-corrected chi connectivity index (χ1v) is 9.73. The third-order valence-electron chi connectivity index (χ3n) is 4.16. The second-order valence-electron chi connectivity index (χ2n) is 6.14. The third kappa shape index (κ3) is 6.46. The smallest absolute Gasteiger partial charge is 0.257 e. The Morgan fingerprint density at radius 3 is 2.48 bits per heavy atom. The summed E-state index contributed by atoms with van der Waals surface area (Å²) in [5, 5.41) is 6.08. The molecule has 2 aromatic rings. The van der Waals surface area contributed by atoms with Crippen LogP contribution in [-0.2, 0) is 4.74 Å². The Balaban J connectivity index is 1.66. The molecule has 7 heteroatoms. The Morgan fingerprint density at radius 1 is 1.07 bits per heavy atom. The molecule has 0 unspecified atom stereocenters. The summed E-state index contributed by atoms with van der Waals surface area (Å²) in [6.07, 6.45) is 0. The van der Waals surface area contributed by atoms with Crippen molar-refractivity contribution in [1.29, 1.82) is 0 Å². The fraction of sp³-hybridized carbons (Fsp3) is 0.300. The lowest BCUT2D eigenvalue weighted by molar-refractivity contribution is 0.0394. The highest BCUT2D eigenvalue weighted by atomic mass is 79.9. The fourth-order valence-corrected chi connectivity index (χ4v) is 2.94. The Bertz CT molecular complexity index is 759. The van der Waals surface area contributed by atoms with Gasteiger partial charge in [0.2, 0.25) is 5.96 Å². The van der Waals surface area contributed by atoms with Crippen LogP contribution < -0.4 is 10.6 Å². The van der Waals surface area contributed by atoms with Crippen molar-refractivity contribution in [3.8, 4) is 0 Å². The first kappa shape index (κ1) is 19.5. The molecule has 0 aliphatic carbocycles. The van der Waals surface area contributed by atoms with Gasteiger partial charge >= 0.3 is 0 Å². The van der Waals surface area contributed by atoms with Crippen LogP contribution in [0.25, 0.3) is 0 Å². The monoisotopic (exact) mass is 430 g/mol. The van der Waals surface area contributed by atoms with Crippen molar-refractivity contribution in [3.05, 3.63) is 64.6 Å². The molecule has 6 nitrogen and oxygen atoms in total. The molecule has 1 aliphatic heterocycles. The van der Waals surface area contributed by atoms with Crippen molar-refractivity contribution < 1.29 is 9.53 Å². The molecule has 0 aromatic heterocycles. The molecule has 27 heavy (non-hydrogen) atoms. The first-order valence-electron chi connectivity index (χ1n) is 8.94. The number of carbonyl (C=O) groups excluding carboxylic acids is 1. The van der Waals surface area contributed by atoms with Gasteiger partial charge in [0.25, 0.3) is 5.91 Å². The first-order chi connectivity index (χ1) is 13.2. The van der Waals surface area contributed by atoms with Crippen molar-refractivity contribution in [2.45, 2.75) is 0 Å². The summed E-state index contributed by atoms with van der Waals surface area (Å²) >= 11 is 3.43. The number of halogens is 1. The number of anilines is 1. The molecule has 0 atom stereocenters. The van der Waals surface area contributed by atoms with E-state index in [-0.39, 0.29) is 5.91 Å². The quantitative estimate of drug-likeness (QED) is 0.565. The van der Waals surface area contributed by atoms with Gasteiger partial charge in [-0.25, -0.2) is 0 Å². The summed E-state index contributed by atoms with van der Waals surface area (Å²) < 4.78 is 6.36. The van der Waals surface area contributed by atoms with Crippen LogP contribution in [-0.4, -0.2) is 56.2 Å². The SMILES string of the molecule is O=C(NC(=NCCN1CCOCC1)Nc1ccc(Br)cc1)c1ccccc1. The fourth-order valence-electron chi connectivity index (χ4n) is 2.68. The Kier molecular flexibility index (Phi) is 7.38. The van der Waals surface area contributed by atoms with Crippen LogP contribution in [0.15, 0.2) is 64.1 Å². The van der Waals surface area contributed by atoms with E-state index in [1.54, 1.807) is 12.1 Å². The highest BCUT2D eigenvalue weighted by molar-refractivity contribution is 9.10. The van der Waals surface area contributed by atoms with Gasteiger partial charge in [-0.05, 0) is 36.4 Å². The zero-order valence-corrected chi connectivity index (χ0v) is 16.6. The van der Waals surface area contributed by atoms with Gasteiger partial charge in [0.05, 0.1) is 19.8 Å². The van der Waals surface area contributed by atoms with Crippen LogP contribution in [0.1, 0.15) is 10.4 Å². The van der Waals surface area contributed by atoms with Gasteiger partial charge in [0.1, 0.15) is 0 Å². The zero-order valence-electron chi connectivity index (χ0n) is 15.0. The standard InChI is InChI=1S/C20H23BrN4O2/c21-17-6-8-18(9-7-17)23-20(22-10-11-25-12-14-27-15-13-25)24-19(26)16-4-2-1-3-5-16/h1-9H,10-15H2,(H2,22,23,24,26). The molecule has 2 N–H and O–H groups in total. The largest absolute Gasteiger partial charge is 0.379 e. The number of benzene rings is 2. The van der Waals surface area contributed by atoms with E-state index in [1.807, 2.05) is 42.5 Å². The Labute approximate surface area is 167 Å². The average molecular weight is 431 g/mol. The zero-order chi connectivity index (χ0) is 18.9. The van der Waals surface area contributed by atoms with Gasteiger partial charge < -0.3 is 10.1 Å². The lowest BCUT2D eigenvalue weighted by Gasteiger charge is -2.25. The molecule has 1 amide bonds. The highest BCUT2D eigenvalue weighted by Gasteiger charge is 2.11. The van der Waals surface area contributed by atoms with Gasteiger partial charge in [-0.3, -0.25) is 20.0 Å². The second-order valence-corrected chi connectivity index (χ2v) is 7.05. The highest BCUT2D eigenvalue weighted by Crippen LogP contribution is 2.14. The summed E-state index contributed by atoms with van der Waals surface area (Å²) in [5.74, 6) is 0.254. The van der Waals surface area contributed by atoms with E-state index in [1.165, 1.54) is 0 Å². The van der Waals surface area contributed by atoms with Crippen LogP contribution in [0, 0.1) is 0 Å². The van der Waals surface area contributed by atoms with E-state index < -0.39 is 0 Å². The predicted octanol–water partition coefficient (Wildman–Crippen LogP) is 2.98. The maximum absolute atomic E-state index is 12.5. The van der Waals surface area contributed by atoms with Gasteiger partial charge in [0.15, 0.2) is 0 Å². The van der Waals surface area contributed by atoms with Gasteiger partial charge in [0, 0.05) is 35.4 Å². The molecule has 3 rings (SSSR count). The summed E-state index contributed by atoms with van der Waals surface area (Å²) in [7, 11) is 0. The molecular formula is C20H23BrN4O2. The Morgan fingerprint density at radius 2 is 1.78 bits per heavy atom. The molecule has 0 saturated carbocycles. The Hall–Kier alpha value is -2.22. The third-order valence-corrected chi connectivity index (χ3v) is 4.69. The molecule has 1 heterocycles. The van der Waals surface area contributed by atoms with Gasteiger partial charge in [-0.1, -0.05) is 34.1 Å². The molecule has 0 radical (unpaired) electrons. The second kappa shape index (κ2) is 10.2. The maximum Gasteiger partial charge on any atom is 0.257 e. The molecule has 1 aliphatic rings. The number of carbonyl (C=O) groups is 1. The van der Waals surface area contributed by atoms with Crippen molar-refractivity contribution in [1.82, 2.24) is 10.2 Å². The van der Waals surface area contributed by atoms with E-state index in [0.29, 0.717) is 18.1 Å². The van der Waals surface area contributed by atoms with Gasteiger partial charge in [-0.15, -0.1) is 0 Å². The predicted molar refractivity (Wildman–Crippen MR) is 111 cm³/mol. The van der Waals surface area contributed by atoms with E-state index >= 15 is 0 Å². The maximum atomic E-state index is 12.5. The van der Waals surface area contributed by atoms with Crippen LogP contribution in [0.5, 0.6) is 0 Å². The topological polar surface area (TPSA) is 66.0 Å². The number of nitrogens with one attached hydrogen (secondary N) is 2. The number of rotatable bonds is 5. The minimum Gasteiger partial charge on any atom is -0.379 e. The number of aliphatic imine (C=N–C) groups is 1.